The van der Waals surface area contributed by atoms with Gasteiger partial charge in [-0.25, -0.2) is 9.97 Å². The Bertz CT molecular complexity index is 445. The summed E-state index contributed by atoms with van der Waals surface area (Å²) in [4.78, 5) is 10.8. The van der Waals surface area contributed by atoms with Crippen molar-refractivity contribution in [3.63, 3.8) is 0 Å². The third kappa shape index (κ3) is 3.59. The van der Waals surface area contributed by atoms with Crippen LogP contribution in [0.4, 0.5) is 5.82 Å². The molecule has 1 unspecified atom stereocenters. The monoisotopic (exact) mass is 277 g/mol. The molecule has 1 aromatic rings. The van der Waals surface area contributed by atoms with E-state index in [1.165, 1.54) is 32.1 Å². The number of nitrogens with zero attached hydrogens (tertiary/aromatic N) is 4. The molecule has 1 aliphatic heterocycles. The van der Waals surface area contributed by atoms with Crippen LogP contribution in [0.3, 0.4) is 0 Å². The van der Waals surface area contributed by atoms with Crippen LogP contribution in [0.2, 0.25) is 0 Å². The summed E-state index contributed by atoms with van der Waals surface area (Å²) >= 11 is 0. The van der Waals surface area contributed by atoms with Gasteiger partial charge >= 0.3 is 0 Å². The normalized spacial score (nSPS) is 20.8. The first-order valence-electron chi connectivity index (χ1n) is 7.29. The Morgan fingerprint density at radius 1 is 1.40 bits per heavy atom. The van der Waals surface area contributed by atoms with Crippen LogP contribution in [0.25, 0.3) is 0 Å². The highest BCUT2D eigenvalue weighted by molar-refractivity contribution is 5.94. The van der Waals surface area contributed by atoms with Gasteiger partial charge in [-0.05, 0) is 25.2 Å². The van der Waals surface area contributed by atoms with Gasteiger partial charge in [-0.2, -0.15) is 0 Å². The Morgan fingerprint density at radius 2 is 2.25 bits per heavy atom. The summed E-state index contributed by atoms with van der Waals surface area (Å²) in [5, 5.41) is 11.5. The Labute approximate surface area is 119 Å². The lowest BCUT2D eigenvalue weighted by atomic mass is 9.96. The second-order valence-corrected chi connectivity index (χ2v) is 5.32. The summed E-state index contributed by atoms with van der Waals surface area (Å²) in [5.41, 5.74) is 5.88. The molecule has 0 aromatic carbocycles. The molecule has 20 heavy (non-hydrogen) atoms. The second kappa shape index (κ2) is 7.07. The van der Waals surface area contributed by atoms with Gasteiger partial charge in [-0.15, -0.1) is 0 Å². The van der Waals surface area contributed by atoms with E-state index in [1.54, 1.807) is 12.4 Å². The molecule has 0 aliphatic carbocycles. The highest BCUT2D eigenvalue weighted by atomic mass is 16.4. The first kappa shape index (κ1) is 14.6. The van der Waals surface area contributed by atoms with E-state index in [4.69, 9.17) is 10.9 Å². The van der Waals surface area contributed by atoms with Crippen LogP contribution in [0.15, 0.2) is 17.5 Å². The predicted octanol–water partition coefficient (Wildman–Crippen LogP) is 1.98. The highest BCUT2D eigenvalue weighted by Gasteiger charge is 2.17. The molecule has 6 heteroatoms. The third-order valence-corrected chi connectivity index (χ3v) is 3.88. The van der Waals surface area contributed by atoms with Crippen molar-refractivity contribution in [2.45, 2.75) is 39.0 Å². The van der Waals surface area contributed by atoms with E-state index in [0.29, 0.717) is 5.69 Å². The zero-order valence-electron chi connectivity index (χ0n) is 12.0. The minimum Gasteiger partial charge on any atom is -0.409 e. The van der Waals surface area contributed by atoms with E-state index >= 15 is 0 Å². The van der Waals surface area contributed by atoms with E-state index in [1.807, 2.05) is 0 Å². The fourth-order valence-corrected chi connectivity index (χ4v) is 2.76. The quantitative estimate of drug-likeness (QED) is 0.380. The molecule has 1 fully saturated rings. The second-order valence-electron chi connectivity index (χ2n) is 5.32. The van der Waals surface area contributed by atoms with Crippen LogP contribution in [0.1, 0.15) is 44.7 Å². The van der Waals surface area contributed by atoms with Gasteiger partial charge in [0.15, 0.2) is 5.84 Å². The number of rotatable bonds is 4. The number of oxime groups is 1. The van der Waals surface area contributed by atoms with Gasteiger partial charge < -0.3 is 15.8 Å². The van der Waals surface area contributed by atoms with E-state index in [0.717, 1.165) is 24.8 Å². The van der Waals surface area contributed by atoms with Gasteiger partial charge in [0.05, 0.1) is 12.4 Å². The number of hydrogen-bond acceptors (Lipinski definition) is 5. The summed E-state index contributed by atoms with van der Waals surface area (Å²) in [7, 11) is 0. The molecule has 2 rings (SSSR count). The number of amidine groups is 1. The molecule has 0 saturated carbocycles. The van der Waals surface area contributed by atoms with Gasteiger partial charge in [0.25, 0.3) is 0 Å². The van der Waals surface area contributed by atoms with Crippen molar-refractivity contribution >= 4 is 11.7 Å². The average Bonchev–Trinajstić information content (AvgIpc) is 2.73. The lowest BCUT2D eigenvalue weighted by molar-refractivity contribution is 0.318. The van der Waals surface area contributed by atoms with Gasteiger partial charge in [-0.1, -0.05) is 24.9 Å². The van der Waals surface area contributed by atoms with Crippen molar-refractivity contribution in [2.24, 2.45) is 16.8 Å². The van der Waals surface area contributed by atoms with E-state index in [-0.39, 0.29) is 5.84 Å². The Morgan fingerprint density at radius 3 is 2.90 bits per heavy atom. The lowest BCUT2D eigenvalue weighted by Gasteiger charge is -2.21. The Hall–Kier alpha value is -1.85. The first-order chi connectivity index (χ1) is 9.74. The molecule has 0 amide bonds. The number of aromatic nitrogens is 2. The van der Waals surface area contributed by atoms with Gasteiger partial charge in [-0.3, -0.25) is 0 Å². The lowest BCUT2D eigenvalue weighted by Crippen LogP contribution is -2.26. The maximum absolute atomic E-state index is 8.61. The molecule has 3 N–H and O–H groups in total. The van der Waals surface area contributed by atoms with Crippen LogP contribution in [-0.2, 0) is 0 Å². The fourth-order valence-electron chi connectivity index (χ4n) is 2.76. The minimum absolute atomic E-state index is 0.0112. The third-order valence-electron chi connectivity index (χ3n) is 3.88. The SMILES string of the molecule is CCCC1CCCN(c2cnc(C(N)=NO)cn2)CC1. The van der Waals surface area contributed by atoms with Crippen molar-refractivity contribution in [2.75, 3.05) is 18.0 Å². The minimum atomic E-state index is -0.0112. The number of anilines is 1. The summed E-state index contributed by atoms with van der Waals surface area (Å²) in [6.45, 7) is 4.31. The zero-order valence-corrected chi connectivity index (χ0v) is 12.0. The number of hydrogen-bond donors (Lipinski definition) is 2. The smallest absolute Gasteiger partial charge is 0.190 e. The standard InChI is InChI=1S/C14H23N5O/c1-2-4-11-5-3-7-19(8-6-11)13-10-16-12(9-17-13)14(15)18-20/h9-11,20H,2-8H2,1H3,(H2,15,18). The Balaban J connectivity index is 2.01. The molecule has 6 nitrogen and oxygen atoms in total. The van der Waals surface area contributed by atoms with Crippen LogP contribution < -0.4 is 10.6 Å². The van der Waals surface area contributed by atoms with E-state index in [2.05, 4.69) is 26.9 Å². The van der Waals surface area contributed by atoms with Gasteiger partial charge in [0.1, 0.15) is 11.5 Å². The summed E-state index contributed by atoms with van der Waals surface area (Å²) < 4.78 is 0. The van der Waals surface area contributed by atoms with E-state index < -0.39 is 0 Å². The molecular formula is C14H23N5O. The van der Waals surface area contributed by atoms with Crippen molar-refractivity contribution in [3.8, 4) is 0 Å². The molecule has 0 radical (unpaired) electrons. The van der Waals surface area contributed by atoms with Crippen LogP contribution in [-0.4, -0.2) is 34.1 Å². The van der Waals surface area contributed by atoms with Crippen molar-refractivity contribution in [1.82, 2.24) is 9.97 Å². The van der Waals surface area contributed by atoms with Crippen LogP contribution in [0, 0.1) is 5.92 Å². The summed E-state index contributed by atoms with van der Waals surface area (Å²) in [5.74, 6) is 1.70. The fraction of sp³-hybridized carbons (Fsp3) is 0.643. The average molecular weight is 277 g/mol. The number of nitrogens with two attached hydrogens (primary N) is 1. The largest absolute Gasteiger partial charge is 0.409 e. The topological polar surface area (TPSA) is 87.6 Å². The molecule has 2 heterocycles. The van der Waals surface area contributed by atoms with Crippen LogP contribution >= 0.6 is 0 Å². The van der Waals surface area contributed by atoms with E-state index in [9.17, 15) is 0 Å². The molecule has 1 aliphatic rings. The molecule has 0 bridgehead atoms. The summed E-state index contributed by atoms with van der Waals surface area (Å²) in [6.07, 6.45) is 9.57. The van der Waals surface area contributed by atoms with Crippen LogP contribution in [0.5, 0.6) is 0 Å². The highest BCUT2D eigenvalue weighted by Crippen LogP contribution is 2.24. The molecule has 1 saturated heterocycles. The maximum atomic E-state index is 8.61. The van der Waals surface area contributed by atoms with Crippen molar-refractivity contribution < 1.29 is 5.21 Å². The molecule has 110 valence electrons. The van der Waals surface area contributed by atoms with Gasteiger partial charge in [0.2, 0.25) is 0 Å². The van der Waals surface area contributed by atoms with Gasteiger partial charge in [0, 0.05) is 13.1 Å². The Kier molecular flexibility index (Phi) is 5.15. The first-order valence-corrected chi connectivity index (χ1v) is 7.29. The van der Waals surface area contributed by atoms with Crippen molar-refractivity contribution in [3.05, 3.63) is 18.1 Å². The molecule has 0 spiro atoms. The zero-order chi connectivity index (χ0) is 14.4. The molecule has 1 atom stereocenters. The van der Waals surface area contributed by atoms with Crippen molar-refractivity contribution in [1.29, 1.82) is 0 Å². The molecule has 1 aromatic heterocycles. The predicted molar refractivity (Wildman–Crippen MR) is 79.0 cm³/mol. The molecular weight excluding hydrogens is 254 g/mol. The summed E-state index contributed by atoms with van der Waals surface area (Å²) in [6, 6.07) is 0. The maximum Gasteiger partial charge on any atom is 0.190 e.